The van der Waals surface area contributed by atoms with Crippen LogP contribution in [0.5, 0.6) is 0 Å². The summed E-state index contributed by atoms with van der Waals surface area (Å²) < 4.78 is 0. The van der Waals surface area contributed by atoms with Crippen molar-refractivity contribution >= 4 is 0 Å². The van der Waals surface area contributed by atoms with Gasteiger partial charge in [-0.25, -0.2) is 0 Å². The van der Waals surface area contributed by atoms with Crippen LogP contribution in [-0.2, 0) is 0 Å². The van der Waals surface area contributed by atoms with Crippen molar-refractivity contribution < 1.29 is 0 Å². The lowest BCUT2D eigenvalue weighted by Crippen LogP contribution is -2.15. The van der Waals surface area contributed by atoms with Crippen molar-refractivity contribution in [2.45, 2.75) is 13.0 Å². The third-order valence-electron chi connectivity index (χ3n) is 1.03. The summed E-state index contributed by atoms with van der Waals surface area (Å²) in [7, 11) is 1.50. The van der Waals surface area contributed by atoms with Gasteiger partial charge in [0.1, 0.15) is 0 Å². The highest BCUT2D eigenvalue weighted by atomic mass is 14.6. The minimum atomic E-state index is 0.0428. The lowest BCUT2D eigenvalue weighted by atomic mass is 10.1. The Kier molecular flexibility index (Phi) is 10.6. The average Bonchev–Trinajstić information content (AvgIpc) is 2.03. The van der Waals surface area contributed by atoms with E-state index < -0.39 is 0 Å². The molecule has 0 saturated carbocycles. The fourth-order valence-corrected chi connectivity index (χ4v) is 0.343. The van der Waals surface area contributed by atoms with Gasteiger partial charge in [0, 0.05) is 6.04 Å². The highest BCUT2D eigenvalue weighted by Gasteiger charge is 1.91. The molecular weight excluding hydrogens is 136 g/mol. The third kappa shape index (κ3) is 9.14. The zero-order valence-corrected chi connectivity index (χ0v) is 7.38. The maximum atomic E-state index is 5.49. The van der Waals surface area contributed by atoms with E-state index in [9.17, 15) is 0 Å². The molecule has 0 aromatic heterocycles. The van der Waals surface area contributed by atoms with Crippen LogP contribution in [0.1, 0.15) is 6.92 Å². The maximum absolute atomic E-state index is 5.49. The number of nitrogens with two attached hydrogens (primary N) is 2. The predicted octanol–water partition coefficient (Wildman–Crippen LogP) is 1.21. The highest BCUT2D eigenvalue weighted by molar-refractivity contribution is 5.22. The van der Waals surface area contributed by atoms with Crippen LogP contribution in [0.3, 0.4) is 0 Å². The largest absolute Gasteiger partial charge is 0.333 e. The molecule has 0 aliphatic rings. The summed E-state index contributed by atoms with van der Waals surface area (Å²) in [6.45, 7) is 9.15. The molecule has 0 spiro atoms. The fraction of sp³-hybridized carbons (Fsp3) is 0.333. The van der Waals surface area contributed by atoms with E-state index in [2.05, 4.69) is 18.9 Å². The summed E-state index contributed by atoms with van der Waals surface area (Å²) in [5, 5.41) is 0. The van der Waals surface area contributed by atoms with E-state index in [4.69, 9.17) is 5.73 Å². The van der Waals surface area contributed by atoms with Crippen LogP contribution in [0.25, 0.3) is 0 Å². The number of hydrogen-bond acceptors (Lipinski definition) is 2. The molecule has 0 bridgehead atoms. The van der Waals surface area contributed by atoms with Gasteiger partial charge in [0.15, 0.2) is 0 Å². The summed E-state index contributed by atoms with van der Waals surface area (Å²) in [6.07, 6.45) is 5.39. The Balaban J connectivity index is 0. The maximum Gasteiger partial charge on any atom is 0.0260 e. The first-order valence-corrected chi connectivity index (χ1v) is 3.49. The minimum absolute atomic E-state index is 0.0428. The van der Waals surface area contributed by atoms with Crippen LogP contribution >= 0.6 is 0 Å². The molecule has 0 aromatic rings. The van der Waals surface area contributed by atoms with Gasteiger partial charge in [0.25, 0.3) is 0 Å². The topological polar surface area (TPSA) is 52.0 Å². The van der Waals surface area contributed by atoms with Crippen LogP contribution < -0.4 is 11.5 Å². The van der Waals surface area contributed by atoms with Gasteiger partial charge in [-0.15, -0.1) is 0 Å². The van der Waals surface area contributed by atoms with Gasteiger partial charge in [0.05, 0.1) is 0 Å². The molecule has 0 aliphatic carbocycles. The van der Waals surface area contributed by atoms with E-state index in [0.717, 1.165) is 5.57 Å². The Morgan fingerprint density at radius 3 is 2.18 bits per heavy atom. The molecule has 0 radical (unpaired) electrons. The molecular formula is C9H18N2. The summed E-state index contributed by atoms with van der Waals surface area (Å²) in [5.41, 5.74) is 10.9. The molecule has 0 aliphatic heterocycles. The first-order valence-electron chi connectivity index (χ1n) is 3.49. The third-order valence-corrected chi connectivity index (χ3v) is 1.03. The fourth-order valence-electron chi connectivity index (χ4n) is 0.343. The van der Waals surface area contributed by atoms with Crippen molar-refractivity contribution in [3.05, 3.63) is 37.0 Å². The molecule has 0 amide bonds. The number of rotatable bonds is 3. The number of hydrogen-bond donors (Lipinski definition) is 2. The lowest BCUT2D eigenvalue weighted by molar-refractivity contribution is 0.889. The van der Waals surface area contributed by atoms with Crippen LogP contribution in [-0.4, -0.2) is 13.1 Å². The minimum Gasteiger partial charge on any atom is -0.333 e. The summed E-state index contributed by atoms with van der Waals surface area (Å²) in [4.78, 5) is 0. The molecule has 2 nitrogen and oxygen atoms in total. The van der Waals surface area contributed by atoms with E-state index in [1.807, 2.05) is 19.1 Å². The molecule has 64 valence electrons. The van der Waals surface area contributed by atoms with Crippen molar-refractivity contribution in [2.75, 3.05) is 7.05 Å². The summed E-state index contributed by atoms with van der Waals surface area (Å²) in [5.74, 6) is 0. The first kappa shape index (κ1) is 12.8. The second-order valence-corrected chi connectivity index (χ2v) is 1.96. The second-order valence-electron chi connectivity index (χ2n) is 1.96. The van der Waals surface area contributed by atoms with E-state index in [1.54, 1.807) is 6.08 Å². The average molecular weight is 154 g/mol. The molecule has 2 heteroatoms. The monoisotopic (exact) mass is 154 g/mol. The van der Waals surface area contributed by atoms with Gasteiger partial charge in [0.2, 0.25) is 0 Å². The zero-order chi connectivity index (χ0) is 9.28. The van der Waals surface area contributed by atoms with Gasteiger partial charge in [-0.05, 0) is 19.5 Å². The van der Waals surface area contributed by atoms with Crippen LogP contribution in [0, 0.1) is 0 Å². The molecule has 1 atom stereocenters. The molecule has 0 heterocycles. The second kappa shape index (κ2) is 9.14. The van der Waals surface area contributed by atoms with E-state index in [-0.39, 0.29) is 6.04 Å². The van der Waals surface area contributed by atoms with Crippen molar-refractivity contribution in [3.63, 3.8) is 0 Å². The molecule has 0 fully saturated rings. The molecule has 0 rings (SSSR count). The van der Waals surface area contributed by atoms with Crippen LogP contribution in [0.2, 0.25) is 0 Å². The highest BCUT2D eigenvalue weighted by Crippen LogP contribution is 1.96. The Bertz CT molecular complexity index is 134. The molecule has 11 heavy (non-hydrogen) atoms. The first-order chi connectivity index (χ1) is 5.18. The zero-order valence-electron chi connectivity index (χ0n) is 7.38. The van der Waals surface area contributed by atoms with Crippen molar-refractivity contribution in [1.29, 1.82) is 0 Å². The van der Waals surface area contributed by atoms with Crippen molar-refractivity contribution in [3.8, 4) is 0 Å². The van der Waals surface area contributed by atoms with E-state index >= 15 is 0 Å². The van der Waals surface area contributed by atoms with E-state index in [0.29, 0.717) is 0 Å². The normalized spacial score (nSPS) is 11.6. The Morgan fingerprint density at radius 1 is 1.45 bits per heavy atom. The standard InChI is InChI=1S/C8H13N.CH5N/c1-4-5-6-7(2)8(3)9;1-2/h4-6,8H,1-2,9H2,3H3;2H2,1H3/b6-5-;. The van der Waals surface area contributed by atoms with Crippen LogP contribution in [0.15, 0.2) is 37.0 Å². The van der Waals surface area contributed by atoms with Crippen molar-refractivity contribution in [1.82, 2.24) is 0 Å². The molecule has 0 saturated heterocycles. The van der Waals surface area contributed by atoms with Gasteiger partial charge in [-0.1, -0.05) is 31.4 Å². The van der Waals surface area contributed by atoms with Gasteiger partial charge < -0.3 is 11.5 Å². The van der Waals surface area contributed by atoms with Crippen LogP contribution in [0.4, 0.5) is 0 Å². The summed E-state index contributed by atoms with van der Waals surface area (Å²) in [6, 6.07) is 0.0428. The number of allylic oxidation sites excluding steroid dienone is 2. The quantitative estimate of drug-likeness (QED) is 0.600. The lowest BCUT2D eigenvalue weighted by Gasteiger charge is -2.01. The SMILES string of the molecule is C=C/C=C\C(=C)C(C)N.CN. The smallest absolute Gasteiger partial charge is 0.0260 e. The van der Waals surface area contributed by atoms with Crippen molar-refractivity contribution in [2.24, 2.45) is 11.5 Å². The van der Waals surface area contributed by atoms with Gasteiger partial charge in [-0.3, -0.25) is 0 Å². The summed E-state index contributed by atoms with van der Waals surface area (Å²) >= 11 is 0. The van der Waals surface area contributed by atoms with E-state index in [1.165, 1.54) is 7.05 Å². The molecule has 1 unspecified atom stereocenters. The Labute approximate surface area is 69.3 Å². The Morgan fingerprint density at radius 2 is 1.91 bits per heavy atom. The molecule has 0 aromatic carbocycles. The Hall–Kier alpha value is -0.860. The van der Waals surface area contributed by atoms with Gasteiger partial charge >= 0.3 is 0 Å². The molecule has 4 N–H and O–H groups in total. The van der Waals surface area contributed by atoms with Gasteiger partial charge in [-0.2, -0.15) is 0 Å². The predicted molar refractivity (Wildman–Crippen MR) is 52.2 cm³/mol.